The van der Waals surface area contributed by atoms with Crippen LogP contribution in [0, 0.1) is 22.2 Å². The van der Waals surface area contributed by atoms with E-state index in [0.29, 0.717) is 5.69 Å². The number of carbonyl (C=O) groups excluding carboxylic acids is 1. The van der Waals surface area contributed by atoms with E-state index in [0.717, 1.165) is 34.8 Å². The fraction of sp³-hybridized carbons (Fsp3) is 0.600. The zero-order valence-corrected chi connectivity index (χ0v) is 19.5. The van der Waals surface area contributed by atoms with Crippen molar-refractivity contribution in [2.45, 2.75) is 38.5 Å². The first-order valence-electron chi connectivity index (χ1n) is 9.41. The van der Waals surface area contributed by atoms with Crippen molar-refractivity contribution in [3.8, 4) is 0 Å². The van der Waals surface area contributed by atoms with Crippen LogP contribution in [0.25, 0.3) is 0 Å². The average Bonchev–Trinajstić information content (AvgIpc) is 3.64. The Balaban J connectivity index is 0.000000252. The summed E-state index contributed by atoms with van der Waals surface area (Å²) in [5.74, 6) is 1.40. The number of methoxy groups -OCH3 is 1. The number of hydrogen-bond acceptors (Lipinski definition) is 5. The van der Waals surface area contributed by atoms with E-state index in [4.69, 9.17) is 9.76 Å². The fourth-order valence-corrected chi connectivity index (χ4v) is 3.48. The van der Waals surface area contributed by atoms with Gasteiger partial charge in [0.15, 0.2) is 5.69 Å². The van der Waals surface area contributed by atoms with Crippen molar-refractivity contribution in [3.05, 3.63) is 39.6 Å². The van der Waals surface area contributed by atoms with E-state index in [1.165, 1.54) is 44.9 Å². The zero-order chi connectivity index (χ0) is 22.0. The van der Waals surface area contributed by atoms with Crippen LogP contribution >= 0.6 is 22.6 Å². The molecule has 2 heterocycles. The van der Waals surface area contributed by atoms with Gasteiger partial charge in [0.05, 0.1) is 7.11 Å². The summed E-state index contributed by atoms with van der Waals surface area (Å²) in [7, 11) is 6.27. The topological polar surface area (TPSA) is 102 Å². The van der Waals surface area contributed by atoms with Crippen molar-refractivity contribution >= 4 is 28.6 Å². The zero-order valence-electron chi connectivity index (χ0n) is 17.4. The molecule has 2 aromatic rings. The Morgan fingerprint density at radius 2 is 1.55 bits per heavy atom. The third-order valence-electron chi connectivity index (χ3n) is 4.71. The molecule has 0 radical (unpaired) electrons. The Morgan fingerprint density at radius 3 is 1.93 bits per heavy atom. The molecule has 160 valence electrons. The van der Waals surface area contributed by atoms with E-state index in [-0.39, 0.29) is 5.97 Å². The van der Waals surface area contributed by atoms with Crippen LogP contribution in [0.4, 0.5) is 0 Å². The summed E-state index contributed by atoms with van der Waals surface area (Å²) < 4.78 is 17.0. The summed E-state index contributed by atoms with van der Waals surface area (Å²) in [6.45, 7) is 4.50. The molecule has 29 heavy (non-hydrogen) atoms. The molecule has 2 aliphatic rings. The molecule has 0 bridgehead atoms. The van der Waals surface area contributed by atoms with Crippen molar-refractivity contribution in [1.82, 2.24) is 19.6 Å². The van der Waals surface area contributed by atoms with E-state index in [1.807, 2.05) is 24.8 Å². The standard InChI is InChI=1S/C10H14N2O2.C8H11IN2.CH4O.CO/c1-12-8(5-7-3-4-7)6-9(11-12)10(13)14-2;1-11-7(4-6-2-3-6)5-8(9)10-11;2*1-2/h6-7H,3-5H2,1-2H3;5-6H,2-4H2,1H3;2H,1H3;. The number of halogens is 1. The second-order valence-electron chi connectivity index (χ2n) is 7.01. The van der Waals surface area contributed by atoms with Crippen LogP contribution in [0.1, 0.15) is 47.6 Å². The van der Waals surface area contributed by atoms with Gasteiger partial charge in [-0.15, -0.1) is 0 Å². The van der Waals surface area contributed by atoms with E-state index < -0.39 is 0 Å². The van der Waals surface area contributed by atoms with Crippen LogP contribution in [-0.4, -0.2) is 44.9 Å². The minimum atomic E-state index is -0.359. The summed E-state index contributed by atoms with van der Waals surface area (Å²) in [4.78, 5) is 11.2. The molecule has 4 rings (SSSR count). The Hall–Kier alpha value is -1.68. The van der Waals surface area contributed by atoms with Crippen LogP contribution in [0.3, 0.4) is 0 Å². The number of ether oxygens (including phenoxy) is 1. The van der Waals surface area contributed by atoms with Crippen molar-refractivity contribution in [2.24, 2.45) is 25.9 Å². The molecule has 8 nitrogen and oxygen atoms in total. The number of aliphatic hydroxyl groups is 1. The van der Waals surface area contributed by atoms with Crippen molar-refractivity contribution in [2.75, 3.05) is 14.2 Å². The maximum absolute atomic E-state index is 11.2. The molecular weight excluding hydrogens is 487 g/mol. The van der Waals surface area contributed by atoms with E-state index >= 15 is 0 Å². The molecule has 0 unspecified atom stereocenters. The molecule has 0 amide bonds. The number of esters is 1. The molecule has 2 aromatic heterocycles. The number of aliphatic hydroxyl groups excluding tert-OH is 1. The van der Waals surface area contributed by atoms with Gasteiger partial charge in [0.1, 0.15) is 3.70 Å². The van der Waals surface area contributed by atoms with Crippen LogP contribution in [-0.2, 0) is 36.3 Å². The second kappa shape index (κ2) is 12.8. The van der Waals surface area contributed by atoms with Gasteiger partial charge in [0, 0.05) is 32.6 Å². The van der Waals surface area contributed by atoms with E-state index in [2.05, 4.69) is 50.2 Å². The summed E-state index contributed by atoms with van der Waals surface area (Å²) in [6.07, 6.45) is 7.70. The number of aromatic nitrogens is 4. The predicted molar refractivity (Wildman–Crippen MR) is 115 cm³/mol. The van der Waals surface area contributed by atoms with Crippen molar-refractivity contribution in [3.63, 3.8) is 0 Å². The molecule has 0 aliphatic heterocycles. The summed E-state index contributed by atoms with van der Waals surface area (Å²) >= 11 is 2.26. The molecule has 9 heteroatoms. The van der Waals surface area contributed by atoms with Gasteiger partial charge in [-0.05, 0) is 85.1 Å². The minimum absolute atomic E-state index is 0.359. The Kier molecular flexibility index (Phi) is 11.2. The molecule has 1 N–H and O–H groups in total. The Bertz CT molecular complexity index is 792. The molecule has 2 saturated carbocycles. The third-order valence-corrected chi connectivity index (χ3v) is 5.23. The fourth-order valence-electron chi connectivity index (χ4n) is 2.80. The molecule has 0 spiro atoms. The first-order chi connectivity index (χ1) is 14.0. The molecule has 0 saturated heterocycles. The number of carbonyl (C=O) groups is 1. The van der Waals surface area contributed by atoms with Crippen LogP contribution < -0.4 is 0 Å². The first-order valence-corrected chi connectivity index (χ1v) is 10.5. The quantitative estimate of drug-likeness (QED) is 0.285. The van der Waals surface area contributed by atoms with E-state index in [1.54, 1.807) is 4.68 Å². The van der Waals surface area contributed by atoms with Gasteiger partial charge in [-0.3, -0.25) is 9.36 Å². The molecule has 0 aromatic carbocycles. The molecule has 2 aliphatic carbocycles. The van der Waals surface area contributed by atoms with Crippen LogP contribution in [0.5, 0.6) is 0 Å². The van der Waals surface area contributed by atoms with Gasteiger partial charge in [0.2, 0.25) is 0 Å². The van der Waals surface area contributed by atoms with Crippen molar-refractivity contribution < 1.29 is 19.3 Å². The molecular formula is C20H29IN4O4. The number of aryl methyl sites for hydroxylation is 2. The number of nitrogens with zero attached hydrogens (tertiary/aromatic N) is 4. The summed E-state index contributed by atoms with van der Waals surface area (Å²) in [6, 6.07) is 4.00. The van der Waals surface area contributed by atoms with Gasteiger partial charge in [-0.25, -0.2) is 4.79 Å². The normalized spacial score (nSPS) is 14.3. The maximum atomic E-state index is 11.2. The van der Waals surface area contributed by atoms with Crippen LogP contribution in [0.15, 0.2) is 12.1 Å². The van der Waals surface area contributed by atoms with Gasteiger partial charge < -0.3 is 9.84 Å². The van der Waals surface area contributed by atoms with Gasteiger partial charge >= 0.3 is 17.3 Å². The first kappa shape index (κ1) is 25.4. The molecule has 2 fully saturated rings. The summed E-state index contributed by atoms with van der Waals surface area (Å²) in [5, 5.41) is 15.4. The molecule has 0 atom stereocenters. The average molecular weight is 516 g/mol. The SMILES string of the molecule is CO.COC(=O)c1cc(CC2CC2)n(C)n1.Cn1nc(I)cc1CC1CC1.[C-]#[O+]. The number of rotatable bonds is 5. The monoisotopic (exact) mass is 516 g/mol. The van der Waals surface area contributed by atoms with Crippen LogP contribution in [0.2, 0.25) is 0 Å². The van der Waals surface area contributed by atoms with Gasteiger partial charge in [-0.2, -0.15) is 10.2 Å². The summed E-state index contributed by atoms with van der Waals surface area (Å²) in [5.41, 5.74) is 2.91. The van der Waals surface area contributed by atoms with Gasteiger partial charge in [-0.1, -0.05) is 0 Å². The second-order valence-corrected chi connectivity index (χ2v) is 8.12. The number of hydrogen-bond donors (Lipinski definition) is 1. The predicted octanol–water partition coefficient (Wildman–Crippen LogP) is 2.71. The Morgan fingerprint density at radius 1 is 1.10 bits per heavy atom. The Labute approximate surface area is 185 Å². The third kappa shape index (κ3) is 8.69. The van der Waals surface area contributed by atoms with Gasteiger partial charge in [0.25, 0.3) is 0 Å². The van der Waals surface area contributed by atoms with Crippen molar-refractivity contribution in [1.29, 1.82) is 0 Å². The van der Waals surface area contributed by atoms with E-state index in [9.17, 15) is 4.79 Å².